The fourth-order valence-electron chi connectivity index (χ4n) is 2.82. The molecule has 2 rings (SSSR count). The molecular formula is C22H35N3O6. The van der Waals surface area contributed by atoms with E-state index in [1.807, 2.05) is 18.2 Å². The zero-order valence-electron chi connectivity index (χ0n) is 18.6. The largest absolute Gasteiger partial charge is 0.490 e. The van der Waals surface area contributed by atoms with Crippen LogP contribution in [-0.4, -0.2) is 72.3 Å². The molecule has 0 unspecified atom stereocenters. The van der Waals surface area contributed by atoms with Gasteiger partial charge in [0.05, 0.1) is 33.5 Å². The third kappa shape index (κ3) is 10.4. The summed E-state index contributed by atoms with van der Waals surface area (Å²) in [4.78, 5) is 15.9. The van der Waals surface area contributed by atoms with Crippen molar-refractivity contribution >= 4 is 17.6 Å². The van der Waals surface area contributed by atoms with E-state index in [2.05, 4.69) is 20.4 Å². The summed E-state index contributed by atoms with van der Waals surface area (Å²) in [7, 11) is 3.06. The zero-order chi connectivity index (χ0) is 22.2. The van der Waals surface area contributed by atoms with Gasteiger partial charge >= 0.3 is 5.97 Å². The van der Waals surface area contributed by atoms with Crippen molar-refractivity contribution < 1.29 is 28.5 Å². The van der Waals surface area contributed by atoms with Gasteiger partial charge in [-0.25, -0.2) is 0 Å². The third-order valence-electron chi connectivity index (χ3n) is 4.49. The number of rotatable bonds is 13. The number of hydrogen-bond acceptors (Lipinski definition) is 7. The van der Waals surface area contributed by atoms with Crippen molar-refractivity contribution in [3.8, 4) is 11.5 Å². The van der Waals surface area contributed by atoms with Gasteiger partial charge in [0.25, 0.3) is 0 Å². The van der Waals surface area contributed by atoms with E-state index < -0.39 is 0 Å². The Labute approximate surface area is 184 Å². The molecule has 0 aromatic heterocycles. The van der Waals surface area contributed by atoms with Gasteiger partial charge in [0.2, 0.25) is 0 Å². The summed E-state index contributed by atoms with van der Waals surface area (Å²) in [5.74, 6) is 1.97. The van der Waals surface area contributed by atoms with Crippen LogP contribution < -0.4 is 20.1 Å². The first-order valence-electron chi connectivity index (χ1n) is 10.8. The standard InChI is InChI=1S/C22H35N3O6/c1-27-15-16-29-12-5-11-24-22(23-10-4-3-7-21(26)28-2)25-18-8-9-19-20(17-18)31-14-6-13-30-19/h8-9,17H,3-7,10-16H2,1-2H3,(H2,23,24,25). The van der Waals surface area contributed by atoms with Crippen LogP contribution in [0.4, 0.5) is 5.69 Å². The predicted octanol–water partition coefficient (Wildman–Crippen LogP) is 2.60. The van der Waals surface area contributed by atoms with Crippen LogP contribution in [0.1, 0.15) is 32.1 Å². The first kappa shape index (κ1) is 24.7. The molecule has 1 aliphatic heterocycles. The Hall–Kier alpha value is -2.52. The molecule has 31 heavy (non-hydrogen) atoms. The minimum Gasteiger partial charge on any atom is -0.490 e. The molecule has 0 bridgehead atoms. The van der Waals surface area contributed by atoms with E-state index in [1.165, 1.54) is 7.11 Å². The van der Waals surface area contributed by atoms with Crippen LogP contribution in [0, 0.1) is 0 Å². The molecule has 0 radical (unpaired) electrons. The maximum absolute atomic E-state index is 11.2. The second kappa shape index (κ2) is 15.3. The van der Waals surface area contributed by atoms with Crippen molar-refractivity contribution in [1.82, 2.24) is 5.32 Å². The van der Waals surface area contributed by atoms with Gasteiger partial charge in [-0.1, -0.05) is 0 Å². The normalized spacial score (nSPS) is 13.4. The Morgan fingerprint density at radius 3 is 2.71 bits per heavy atom. The average molecular weight is 438 g/mol. The molecule has 1 heterocycles. The lowest BCUT2D eigenvalue weighted by Gasteiger charge is -2.14. The molecule has 9 heteroatoms. The number of benzene rings is 1. The molecular weight excluding hydrogens is 402 g/mol. The summed E-state index contributed by atoms with van der Waals surface area (Å²) >= 11 is 0. The van der Waals surface area contributed by atoms with E-state index in [-0.39, 0.29) is 5.97 Å². The second-order valence-corrected chi connectivity index (χ2v) is 6.99. The minimum absolute atomic E-state index is 0.187. The van der Waals surface area contributed by atoms with Gasteiger partial charge in [-0.15, -0.1) is 0 Å². The van der Waals surface area contributed by atoms with Crippen LogP contribution >= 0.6 is 0 Å². The van der Waals surface area contributed by atoms with Gasteiger partial charge < -0.3 is 34.3 Å². The van der Waals surface area contributed by atoms with Crippen molar-refractivity contribution in [2.24, 2.45) is 4.99 Å². The Morgan fingerprint density at radius 1 is 1.06 bits per heavy atom. The van der Waals surface area contributed by atoms with Gasteiger partial charge in [0, 0.05) is 51.4 Å². The molecule has 0 aliphatic carbocycles. The Morgan fingerprint density at radius 2 is 1.90 bits per heavy atom. The fraction of sp³-hybridized carbons (Fsp3) is 0.636. The number of unbranched alkanes of at least 4 members (excludes halogenated alkanes) is 1. The van der Waals surface area contributed by atoms with Crippen molar-refractivity contribution in [3.05, 3.63) is 18.2 Å². The SMILES string of the molecule is COCCOCCCN=C(NCCCCC(=O)OC)Nc1ccc2c(c1)OCCCO2. The van der Waals surface area contributed by atoms with Crippen LogP contribution in [0.25, 0.3) is 0 Å². The van der Waals surface area contributed by atoms with Crippen molar-refractivity contribution in [1.29, 1.82) is 0 Å². The number of hydrogen-bond donors (Lipinski definition) is 2. The summed E-state index contributed by atoms with van der Waals surface area (Å²) in [6.45, 7) is 4.41. The smallest absolute Gasteiger partial charge is 0.305 e. The number of methoxy groups -OCH3 is 2. The number of esters is 1. The summed E-state index contributed by atoms with van der Waals surface area (Å²) in [5, 5.41) is 6.64. The van der Waals surface area contributed by atoms with Crippen LogP contribution in [0.15, 0.2) is 23.2 Å². The second-order valence-electron chi connectivity index (χ2n) is 6.99. The predicted molar refractivity (Wildman–Crippen MR) is 119 cm³/mol. The lowest BCUT2D eigenvalue weighted by molar-refractivity contribution is -0.140. The van der Waals surface area contributed by atoms with E-state index in [9.17, 15) is 4.79 Å². The zero-order valence-corrected chi connectivity index (χ0v) is 18.6. The first-order valence-corrected chi connectivity index (χ1v) is 10.8. The van der Waals surface area contributed by atoms with Crippen LogP contribution in [-0.2, 0) is 19.0 Å². The summed E-state index contributed by atoms with van der Waals surface area (Å²) < 4.78 is 26.6. The van der Waals surface area contributed by atoms with Gasteiger partial charge in [-0.2, -0.15) is 0 Å². The number of nitrogens with zero attached hydrogens (tertiary/aromatic N) is 1. The number of anilines is 1. The molecule has 0 amide bonds. The Kier molecular flexibility index (Phi) is 12.2. The Balaban J connectivity index is 1.87. The van der Waals surface area contributed by atoms with E-state index in [0.29, 0.717) is 58.5 Å². The number of aliphatic imine (C=N–C) groups is 1. The fourth-order valence-corrected chi connectivity index (χ4v) is 2.82. The third-order valence-corrected chi connectivity index (χ3v) is 4.49. The van der Waals surface area contributed by atoms with Crippen LogP contribution in [0.5, 0.6) is 11.5 Å². The molecule has 2 N–H and O–H groups in total. The molecule has 174 valence electrons. The van der Waals surface area contributed by atoms with Gasteiger partial charge in [-0.3, -0.25) is 9.79 Å². The number of carbonyl (C=O) groups excluding carboxylic acids is 1. The molecule has 0 atom stereocenters. The molecule has 1 aliphatic rings. The number of carbonyl (C=O) groups is 1. The van der Waals surface area contributed by atoms with Crippen molar-refractivity contribution in [3.63, 3.8) is 0 Å². The van der Waals surface area contributed by atoms with E-state index in [0.717, 1.165) is 42.9 Å². The number of fused-ring (bicyclic) bond motifs is 1. The molecule has 1 aromatic carbocycles. The highest BCUT2D eigenvalue weighted by Gasteiger charge is 2.11. The molecule has 0 spiro atoms. The molecule has 0 saturated heterocycles. The molecule has 9 nitrogen and oxygen atoms in total. The number of guanidine groups is 1. The van der Waals surface area contributed by atoms with Gasteiger partial charge in [0.15, 0.2) is 17.5 Å². The monoisotopic (exact) mass is 437 g/mol. The number of ether oxygens (including phenoxy) is 5. The molecule has 1 aromatic rings. The highest BCUT2D eigenvalue weighted by Crippen LogP contribution is 2.32. The van der Waals surface area contributed by atoms with Gasteiger partial charge in [-0.05, 0) is 31.4 Å². The van der Waals surface area contributed by atoms with Crippen molar-refractivity contribution in [2.75, 3.05) is 65.7 Å². The minimum atomic E-state index is -0.187. The maximum Gasteiger partial charge on any atom is 0.305 e. The van der Waals surface area contributed by atoms with Crippen LogP contribution in [0.3, 0.4) is 0 Å². The summed E-state index contributed by atoms with van der Waals surface area (Å²) in [6, 6.07) is 5.76. The topological polar surface area (TPSA) is 99.6 Å². The molecule has 0 fully saturated rings. The van der Waals surface area contributed by atoms with Crippen LogP contribution in [0.2, 0.25) is 0 Å². The van der Waals surface area contributed by atoms with Crippen molar-refractivity contribution in [2.45, 2.75) is 32.1 Å². The summed E-state index contributed by atoms with van der Waals surface area (Å²) in [5.41, 5.74) is 0.862. The number of nitrogens with one attached hydrogen (secondary N) is 2. The molecule has 0 saturated carbocycles. The van der Waals surface area contributed by atoms with E-state index in [1.54, 1.807) is 7.11 Å². The Bertz CT molecular complexity index is 683. The first-order chi connectivity index (χ1) is 15.2. The maximum atomic E-state index is 11.2. The van der Waals surface area contributed by atoms with E-state index in [4.69, 9.17) is 18.9 Å². The quantitative estimate of drug-likeness (QED) is 0.210. The highest BCUT2D eigenvalue weighted by molar-refractivity contribution is 5.93. The lowest BCUT2D eigenvalue weighted by Crippen LogP contribution is -2.32. The summed E-state index contributed by atoms with van der Waals surface area (Å²) in [6.07, 6.45) is 3.67. The lowest BCUT2D eigenvalue weighted by atomic mass is 10.2. The average Bonchev–Trinajstić information content (AvgIpc) is 3.02. The van der Waals surface area contributed by atoms with E-state index >= 15 is 0 Å². The van der Waals surface area contributed by atoms with Gasteiger partial charge in [0.1, 0.15) is 0 Å². The highest BCUT2D eigenvalue weighted by atomic mass is 16.5.